The molecule has 0 fully saturated rings. The fourth-order valence-electron chi connectivity index (χ4n) is 2.02. The van der Waals surface area contributed by atoms with Crippen LogP contribution in [-0.2, 0) is 0 Å². The smallest absolute Gasteiger partial charge is 0.339 e. The molecule has 3 heterocycles. The third-order valence-electron chi connectivity index (χ3n) is 3.03. The number of aryl methyl sites for hydroxylation is 1. The van der Waals surface area contributed by atoms with Gasteiger partial charge in [0.1, 0.15) is 11.3 Å². The molecule has 0 saturated heterocycles. The second kappa shape index (κ2) is 5.16. The molecule has 0 spiro atoms. The van der Waals surface area contributed by atoms with Crippen molar-refractivity contribution in [2.75, 3.05) is 0 Å². The van der Waals surface area contributed by atoms with E-state index in [4.69, 9.17) is 0 Å². The van der Waals surface area contributed by atoms with Crippen LogP contribution in [0.1, 0.15) is 15.9 Å². The molecule has 0 unspecified atom stereocenters. The summed E-state index contributed by atoms with van der Waals surface area (Å²) in [5.74, 6) is -0.446. The van der Waals surface area contributed by atoms with E-state index < -0.39 is 5.97 Å². The molecule has 0 aromatic carbocycles. The lowest BCUT2D eigenvalue weighted by Gasteiger charge is -2.00. The monoisotopic (exact) mass is 280 g/mol. The second-order valence-corrected chi connectivity index (χ2v) is 4.57. The number of hydrogen-bond donors (Lipinski definition) is 1. The van der Waals surface area contributed by atoms with Gasteiger partial charge in [0.25, 0.3) is 0 Å². The van der Waals surface area contributed by atoms with E-state index in [2.05, 4.69) is 15.1 Å². The Morgan fingerprint density at radius 2 is 1.95 bits per heavy atom. The summed E-state index contributed by atoms with van der Waals surface area (Å²) in [5.41, 5.74) is 2.25. The number of carbonyl (C=O) groups is 1. The Morgan fingerprint density at radius 1 is 1.19 bits per heavy atom. The summed E-state index contributed by atoms with van der Waals surface area (Å²) in [5, 5.41) is 13.7. The highest BCUT2D eigenvalue weighted by atomic mass is 16.4. The quantitative estimate of drug-likeness (QED) is 0.796. The van der Waals surface area contributed by atoms with Crippen LogP contribution in [0.15, 0.2) is 49.1 Å². The predicted molar refractivity (Wildman–Crippen MR) is 76.3 cm³/mol. The molecule has 0 aliphatic rings. The minimum atomic E-state index is -1.03. The molecule has 0 amide bonds. The van der Waals surface area contributed by atoms with Gasteiger partial charge in [-0.1, -0.05) is 0 Å². The van der Waals surface area contributed by atoms with Gasteiger partial charge in [0.05, 0.1) is 0 Å². The Balaban J connectivity index is 2.15. The molecular weight excluding hydrogens is 268 g/mol. The third-order valence-corrected chi connectivity index (χ3v) is 3.03. The highest BCUT2D eigenvalue weighted by Gasteiger charge is 2.18. The van der Waals surface area contributed by atoms with Crippen molar-refractivity contribution in [1.82, 2.24) is 19.7 Å². The molecule has 104 valence electrons. The van der Waals surface area contributed by atoms with Gasteiger partial charge in [0.2, 0.25) is 0 Å². The van der Waals surface area contributed by atoms with E-state index >= 15 is 0 Å². The number of pyridine rings is 2. The van der Waals surface area contributed by atoms with Crippen LogP contribution in [0.25, 0.3) is 17.1 Å². The largest absolute Gasteiger partial charge is 0.478 e. The van der Waals surface area contributed by atoms with Crippen LogP contribution >= 0.6 is 0 Å². The van der Waals surface area contributed by atoms with Crippen molar-refractivity contribution < 1.29 is 9.90 Å². The molecule has 0 bridgehead atoms. The number of aromatic carboxylic acids is 1. The molecular formula is C15H12N4O2. The average Bonchev–Trinajstić information content (AvgIpc) is 2.93. The summed E-state index contributed by atoms with van der Waals surface area (Å²) in [6.45, 7) is 1.94. The SMILES string of the molecule is Cc1ccnc(-n2cc(C(=O)O)c(-c3ccncc3)n2)c1. The van der Waals surface area contributed by atoms with Gasteiger partial charge in [0.15, 0.2) is 5.82 Å². The van der Waals surface area contributed by atoms with Gasteiger partial charge in [-0.3, -0.25) is 4.98 Å². The van der Waals surface area contributed by atoms with Crippen molar-refractivity contribution in [1.29, 1.82) is 0 Å². The summed E-state index contributed by atoms with van der Waals surface area (Å²) in [7, 11) is 0. The lowest BCUT2D eigenvalue weighted by molar-refractivity contribution is 0.0697. The van der Waals surface area contributed by atoms with Crippen LogP contribution in [0, 0.1) is 6.92 Å². The van der Waals surface area contributed by atoms with Crippen molar-refractivity contribution in [3.63, 3.8) is 0 Å². The molecule has 0 radical (unpaired) electrons. The van der Waals surface area contributed by atoms with Gasteiger partial charge in [-0.15, -0.1) is 0 Å². The molecule has 6 heteroatoms. The van der Waals surface area contributed by atoms with Gasteiger partial charge in [-0.2, -0.15) is 5.10 Å². The van der Waals surface area contributed by atoms with E-state index in [1.54, 1.807) is 30.7 Å². The van der Waals surface area contributed by atoms with Crippen LogP contribution in [0.5, 0.6) is 0 Å². The van der Waals surface area contributed by atoms with Crippen molar-refractivity contribution in [3.05, 3.63) is 60.2 Å². The summed E-state index contributed by atoms with van der Waals surface area (Å²) >= 11 is 0. The maximum Gasteiger partial charge on any atom is 0.339 e. The average molecular weight is 280 g/mol. The van der Waals surface area contributed by atoms with Crippen LogP contribution in [0.3, 0.4) is 0 Å². The highest BCUT2D eigenvalue weighted by molar-refractivity contribution is 5.94. The minimum Gasteiger partial charge on any atom is -0.478 e. The maximum absolute atomic E-state index is 11.4. The Bertz CT molecular complexity index is 796. The number of carboxylic acid groups (broad SMARTS) is 1. The Morgan fingerprint density at radius 3 is 2.62 bits per heavy atom. The van der Waals surface area contributed by atoms with Gasteiger partial charge in [-0.25, -0.2) is 14.5 Å². The molecule has 0 saturated carbocycles. The standard InChI is InChI=1S/C15H12N4O2/c1-10-2-7-17-13(8-10)19-9-12(15(20)21)14(18-19)11-3-5-16-6-4-11/h2-9H,1H3,(H,20,21). The summed E-state index contributed by atoms with van der Waals surface area (Å²) in [4.78, 5) is 19.6. The molecule has 0 aliphatic heterocycles. The van der Waals surface area contributed by atoms with Crippen LogP contribution in [-0.4, -0.2) is 30.8 Å². The molecule has 1 N–H and O–H groups in total. The molecule has 3 rings (SSSR count). The van der Waals surface area contributed by atoms with Gasteiger partial charge in [-0.05, 0) is 36.8 Å². The maximum atomic E-state index is 11.4. The van der Waals surface area contributed by atoms with Crippen LogP contribution in [0.2, 0.25) is 0 Å². The lowest BCUT2D eigenvalue weighted by Crippen LogP contribution is -1.98. The first-order chi connectivity index (χ1) is 10.1. The molecule has 21 heavy (non-hydrogen) atoms. The Kier molecular flexibility index (Phi) is 3.19. The van der Waals surface area contributed by atoms with Crippen molar-refractivity contribution in [2.24, 2.45) is 0 Å². The van der Waals surface area contributed by atoms with Gasteiger partial charge >= 0.3 is 5.97 Å². The first kappa shape index (κ1) is 13.0. The summed E-state index contributed by atoms with van der Waals surface area (Å²) in [6, 6.07) is 7.16. The topological polar surface area (TPSA) is 80.9 Å². The first-order valence-corrected chi connectivity index (χ1v) is 6.31. The third kappa shape index (κ3) is 2.51. The normalized spacial score (nSPS) is 10.5. The van der Waals surface area contributed by atoms with E-state index in [9.17, 15) is 9.90 Å². The number of rotatable bonds is 3. The van der Waals surface area contributed by atoms with E-state index in [1.165, 1.54) is 10.9 Å². The molecule has 0 aliphatic carbocycles. The molecule has 0 atom stereocenters. The number of nitrogens with zero attached hydrogens (tertiary/aromatic N) is 4. The highest BCUT2D eigenvalue weighted by Crippen LogP contribution is 2.22. The van der Waals surface area contributed by atoms with Gasteiger partial charge in [0, 0.05) is 30.4 Å². The number of carboxylic acids is 1. The van der Waals surface area contributed by atoms with Crippen molar-refractivity contribution in [2.45, 2.75) is 6.92 Å². The van der Waals surface area contributed by atoms with Crippen molar-refractivity contribution >= 4 is 5.97 Å². The van der Waals surface area contributed by atoms with Crippen LogP contribution < -0.4 is 0 Å². The number of hydrogen-bond acceptors (Lipinski definition) is 4. The van der Waals surface area contributed by atoms with E-state index in [-0.39, 0.29) is 5.56 Å². The van der Waals surface area contributed by atoms with E-state index in [1.807, 2.05) is 19.1 Å². The van der Waals surface area contributed by atoms with E-state index in [0.717, 1.165) is 5.56 Å². The second-order valence-electron chi connectivity index (χ2n) is 4.57. The van der Waals surface area contributed by atoms with Crippen LogP contribution in [0.4, 0.5) is 0 Å². The predicted octanol–water partition coefficient (Wildman–Crippen LogP) is 2.34. The van der Waals surface area contributed by atoms with Gasteiger partial charge < -0.3 is 5.11 Å². The number of aromatic nitrogens is 4. The molecule has 3 aromatic rings. The Hall–Kier alpha value is -3.02. The first-order valence-electron chi connectivity index (χ1n) is 6.31. The van der Waals surface area contributed by atoms with E-state index in [0.29, 0.717) is 17.1 Å². The Labute approximate surface area is 120 Å². The lowest BCUT2D eigenvalue weighted by atomic mass is 10.1. The summed E-state index contributed by atoms with van der Waals surface area (Å²) in [6.07, 6.45) is 6.34. The molecule has 3 aromatic heterocycles. The minimum absolute atomic E-state index is 0.129. The zero-order chi connectivity index (χ0) is 14.8. The fourth-order valence-corrected chi connectivity index (χ4v) is 2.02. The zero-order valence-corrected chi connectivity index (χ0v) is 11.3. The van der Waals surface area contributed by atoms with Crippen molar-refractivity contribution in [3.8, 4) is 17.1 Å². The fraction of sp³-hybridized carbons (Fsp3) is 0.0667. The zero-order valence-electron chi connectivity index (χ0n) is 11.3. The molecule has 6 nitrogen and oxygen atoms in total. The summed E-state index contributed by atoms with van der Waals surface area (Å²) < 4.78 is 1.48.